The zero-order chi connectivity index (χ0) is 35.5. The molecule has 0 aliphatic carbocycles. The first-order valence-electron chi connectivity index (χ1n) is 15.7. The number of carbonyl (C=O) groups excluding carboxylic acids is 6. The predicted octanol–water partition coefficient (Wildman–Crippen LogP) is 0.516. The van der Waals surface area contributed by atoms with Crippen molar-refractivity contribution >= 4 is 64.2 Å². The fraction of sp³-hybridized carbons (Fsp3) is 0.581. The lowest BCUT2D eigenvalue weighted by Crippen LogP contribution is -2.58. The number of carboxylic acids is 1. The molecule has 0 unspecified atom stereocenters. The number of benzene rings is 1. The highest BCUT2D eigenvalue weighted by atomic mass is 35.5. The quantitative estimate of drug-likeness (QED) is 0.0598. The second-order valence-electron chi connectivity index (χ2n) is 12.3. The fourth-order valence-electron chi connectivity index (χ4n) is 5.43. The molecule has 6 amide bonds. The number of aromatic hydroxyl groups is 1. The van der Waals surface area contributed by atoms with Crippen LogP contribution in [0.3, 0.4) is 0 Å². The molecule has 1 aromatic carbocycles. The normalized spacial score (nSPS) is 20.7. The number of thioether (sulfide) groups is 1. The summed E-state index contributed by atoms with van der Waals surface area (Å²) in [7, 11) is 0. The maximum atomic E-state index is 13.6. The summed E-state index contributed by atoms with van der Waals surface area (Å²) in [4.78, 5) is 86.5. The second-order valence-corrected chi connectivity index (χ2v) is 13.9. The number of nitrogens with one attached hydrogen (secondary N) is 6. The standard InChI is InChI=1S/C31H43ClN6O9S/c1-15(2)25(30(46)33-16(3)28(44)35-19(27(32)43)13-24(41)42)37-29(45)20(12-17-8-10-18(39)11-9-17)34-23(40)7-5-4-6-22-26-21(14-48-22)36-31(47)38-26/h8-11,15-16,19-22,25-26,39H,4-7,12-14H2,1-3H3,(H,33,46)(H,34,40)(H,35,44)(H,37,45)(H,41,42)(H2,36,38,47)/t16-,19-,20-,21-,22-,25-,26-/m0/s1. The summed E-state index contributed by atoms with van der Waals surface area (Å²) in [6, 6.07) is 1.24. The maximum absolute atomic E-state index is 13.6. The number of aliphatic carboxylic acids is 1. The third kappa shape index (κ3) is 11.6. The van der Waals surface area contributed by atoms with Crippen LogP contribution in [0.25, 0.3) is 0 Å². The Labute approximate surface area is 287 Å². The molecule has 2 aliphatic rings. The van der Waals surface area contributed by atoms with Gasteiger partial charge in [-0.3, -0.25) is 28.8 Å². The second kappa shape index (κ2) is 17.9. The molecule has 2 heterocycles. The smallest absolute Gasteiger partial charge is 0.315 e. The third-order valence-corrected chi connectivity index (χ3v) is 9.85. The molecule has 7 atom stereocenters. The molecule has 2 saturated heterocycles. The van der Waals surface area contributed by atoms with E-state index in [1.54, 1.807) is 37.7 Å². The van der Waals surface area contributed by atoms with Crippen LogP contribution >= 0.6 is 23.4 Å². The summed E-state index contributed by atoms with van der Waals surface area (Å²) < 4.78 is 0. The maximum Gasteiger partial charge on any atom is 0.315 e. The van der Waals surface area contributed by atoms with Gasteiger partial charge in [-0.25, -0.2) is 4.79 Å². The van der Waals surface area contributed by atoms with Gasteiger partial charge in [0.1, 0.15) is 29.9 Å². The van der Waals surface area contributed by atoms with E-state index >= 15 is 0 Å². The van der Waals surface area contributed by atoms with Crippen LogP contribution in [0.2, 0.25) is 0 Å². The van der Waals surface area contributed by atoms with Gasteiger partial charge in [0.05, 0.1) is 18.5 Å². The summed E-state index contributed by atoms with van der Waals surface area (Å²) in [6.45, 7) is 4.67. The van der Waals surface area contributed by atoms with Crippen molar-refractivity contribution in [2.24, 2.45) is 5.92 Å². The Hall–Kier alpha value is -4.05. The molecule has 0 radical (unpaired) electrons. The van der Waals surface area contributed by atoms with Gasteiger partial charge in [-0.1, -0.05) is 32.4 Å². The van der Waals surface area contributed by atoms with E-state index in [4.69, 9.17) is 16.7 Å². The Kier molecular flexibility index (Phi) is 14.3. The summed E-state index contributed by atoms with van der Waals surface area (Å²) in [5.74, 6) is -3.52. The van der Waals surface area contributed by atoms with E-state index in [9.17, 15) is 38.7 Å². The van der Waals surface area contributed by atoms with Gasteiger partial charge in [0.25, 0.3) is 0 Å². The Bertz CT molecular complexity index is 1360. The van der Waals surface area contributed by atoms with Crippen molar-refractivity contribution in [3.05, 3.63) is 29.8 Å². The van der Waals surface area contributed by atoms with Gasteiger partial charge in [-0.05, 0) is 55.0 Å². The van der Waals surface area contributed by atoms with Crippen molar-refractivity contribution in [3.63, 3.8) is 0 Å². The van der Waals surface area contributed by atoms with E-state index in [-0.39, 0.29) is 47.9 Å². The van der Waals surface area contributed by atoms with E-state index in [1.807, 2.05) is 0 Å². The fourth-order valence-corrected chi connectivity index (χ4v) is 7.11. The molecule has 0 spiro atoms. The average molecular weight is 711 g/mol. The number of hydrogen-bond acceptors (Lipinski definition) is 9. The number of hydrogen-bond donors (Lipinski definition) is 8. The van der Waals surface area contributed by atoms with Crippen LogP contribution in [0, 0.1) is 5.92 Å². The number of phenols is 1. The first-order chi connectivity index (χ1) is 22.6. The lowest BCUT2D eigenvalue weighted by atomic mass is 10.00. The minimum absolute atomic E-state index is 0.0304. The number of phenolic OH excluding ortho intramolecular Hbond substituents is 1. The minimum atomic E-state index is -1.50. The number of rotatable bonds is 18. The van der Waals surface area contributed by atoms with Gasteiger partial charge in [-0.15, -0.1) is 0 Å². The van der Waals surface area contributed by atoms with Crippen LogP contribution < -0.4 is 31.9 Å². The first kappa shape index (κ1) is 38.4. The van der Waals surface area contributed by atoms with E-state index in [0.29, 0.717) is 12.0 Å². The van der Waals surface area contributed by atoms with Gasteiger partial charge < -0.3 is 42.1 Å². The van der Waals surface area contributed by atoms with Crippen molar-refractivity contribution in [1.29, 1.82) is 0 Å². The zero-order valence-corrected chi connectivity index (χ0v) is 28.5. The van der Waals surface area contributed by atoms with Crippen molar-refractivity contribution in [3.8, 4) is 5.75 Å². The van der Waals surface area contributed by atoms with Crippen LogP contribution in [0.5, 0.6) is 5.75 Å². The third-order valence-electron chi connectivity index (χ3n) is 8.08. The Morgan fingerprint density at radius 3 is 2.23 bits per heavy atom. The molecule has 3 rings (SSSR count). The van der Waals surface area contributed by atoms with Crippen molar-refractivity contribution < 1.29 is 43.8 Å². The van der Waals surface area contributed by atoms with Gasteiger partial charge in [-0.2, -0.15) is 11.8 Å². The Balaban J connectivity index is 1.60. The molecule has 0 bridgehead atoms. The molecule has 2 aliphatic heterocycles. The number of carbonyl (C=O) groups is 7. The number of unbranched alkanes of at least 4 members (excludes halogenated alkanes) is 1. The predicted molar refractivity (Wildman–Crippen MR) is 177 cm³/mol. The number of halogens is 1. The molecule has 17 heteroatoms. The van der Waals surface area contributed by atoms with E-state index in [1.165, 1.54) is 19.1 Å². The first-order valence-corrected chi connectivity index (χ1v) is 17.1. The summed E-state index contributed by atoms with van der Waals surface area (Å²) in [5, 5.41) is 33.8. The van der Waals surface area contributed by atoms with E-state index in [0.717, 1.165) is 18.6 Å². The van der Waals surface area contributed by atoms with E-state index in [2.05, 4.69) is 31.9 Å². The highest BCUT2D eigenvalue weighted by Crippen LogP contribution is 2.33. The summed E-state index contributed by atoms with van der Waals surface area (Å²) in [5.41, 5.74) is 0.647. The number of urea groups is 1. The van der Waals surface area contributed by atoms with Crippen molar-refractivity contribution in [2.75, 3.05) is 5.75 Å². The molecule has 48 heavy (non-hydrogen) atoms. The minimum Gasteiger partial charge on any atom is -0.508 e. The zero-order valence-electron chi connectivity index (χ0n) is 26.9. The van der Waals surface area contributed by atoms with Crippen LogP contribution in [0.15, 0.2) is 24.3 Å². The molecule has 15 nitrogen and oxygen atoms in total. The van der Waals surface area contributed by atoms with E-state index < -0.39 is 65.4 Å². The van der Waals surface area contributed by atoms with Crippen LogP contribution in [0.1, 0.15) is 58.4 Å². The Morgan fingerprint density at radius 2 is 1.60 bits per heavy atom. The molecule has 264 valence electrons. The number of fused-ring (bicyclic) bond motifs is 1. The lowest BCUT2D eigenvalue weighted by molar-refractivity contribution is -0.139. The van der Waals surface area contributed by atoms with Gasteiger partial charge in [0.15, 0.2) is 0 Å². The highest BCUT2D eigenvalue weighted by molar-refractivity contribution is 8.00. The van der Waals surface area contributed by atoms with Crippen LogP contribution in [-0.4, -0.2) is 98.3 Å². The topological polar surface area (TPSA) is 232 Å². The molecular formula is C31H43ClN6O9S. The van der Waals surface area contributed by atoms with Crippen LogP contribution in [-0.2, 0) is 35.2 Å². The molecule has 0 aromatic heterocycles. The number of amides is 6. The highest BCUT2D eigenvalue weighted by Gasteiger charge is 2.42. The molecular weight excluding hydrogens is 668 g/mol. The summed E-state index contributed by atoms with van der Waals surface area (Å²) in [6.07, 6.45) is 1.61. The SMILES string of the molecule is CC(C)[C@H](NC(=O)[C@H](Cc1ccc(O)cc1)NC(=O)CCCC[C@@H]1SC[C@@H]2NC(=O)N[C@@H]21)C(=O)N[C@@H](C)C(=O)N[C@@H](CC(=O)O)C(=O)Cl. The molecule has 1 aromatic rings. The number of carboxylic acid groups (broad SMARTS) is 1. The van der Waals surface area contributed by atoms with Crippen LogP contribution in [0.4, 0.5) is 4.79 Å². The molecule has 0 saturated carbocycles. The Morgan fingerprint density at radius 1 is 0.917 bits per heavy atom. The monoisotopic (exact) mass is 710 g/mol. The van der Waals surface area contributed by atoms with Gasteiger partial charge in [0, 0.05) is 23.8 Å². The average Bonchev–Trinajstić information content (AvgIpc) is 3.56. The van der Waals surface area contributed by atoms with Crippen molar-refractivity contribution in [2.45, 2.75) is 101 Å². The largest absolute Gasteiger partial charge is 0.508 e. The lowest BCUT2D eigenvalue weighted by Gasteiger charge is -2.27. The molecule has 8 N–H and O–H groups in total. The summed E-state index contributed by atoms with van der Waals surface area (Å²) >= 11 is 7.19. The molecule has 2 fully saturated rings. The van der Waals surface area contributed by atoms with Crippen molar-refractivity contribution in [1.82, 2.24) is 31.9 Å². The van der Waals surface area contributed by atoms with Gasteiger partial charge in [0.2, 0.25) is 28.9 Å². The van der Waals surface area contributed by atoms with Gasteiger partial charge >= 0.3 is 12.0 Å².